The fourth-order valence-electron chi connectivity index (χ4n) is 3.80. The highest BCUT2D eigenvalue weighted by Crippen LogP contribution is 2.32. The summed E-state index contributed by atoms with van der Waals surface area (Å²) in [5.41, 5.74) is 1.29. The highest BCUT2D eigenvalue weighted by atomic mass is 19.4. The molecule has 0 spiro atoms. The average Bonchev–Trinajstić information content (AvgIpc) is 3.12. The van der Waals surface area contributed by atoms with E-state index in [1.165, 1.54) is 12.3 Å². The van der Waals surface area contributed by atoms with Gasteiger partial charge >= 0.3 is 12.3 Å². The van der Waals surface area contributed by atoms with Gasteiger partial charge in [-0.3, -0.25) is 0 Å². The van der Waals surface area contributed by atoms with Crippen LogP contribution in [0.2, 0.25) is 0 Å². The number of amides is 1. The van der Waals surface area contributed by atoms with Crippen molar-refractivity contribution in [3.8, 4) is 0 Å². The molecule has 30 heavy (non-hydrogen) atoms. The quantitative estimate of drug-likeness (QED) is 0.626. The van der Waals surface area contributed by atoms with Crippen LogP contribution in [0.4, 0.5) is 18.0 Å². The van der Waals surface area contributed by atoms with Gasteiger partial charge in [0.2, 0.25) is 5.82 Å². The molecule has 9 heteroatoms. The second kappa shape index (κ2) is 8.33. The maximum atomic E-state index is 13.5. The number of benzene rings is 1. The first-order chi connectivity index (χ1) is 14.4. The van der Waals surface area contributed by atoms with E-state index in [2.05, 4.69) is 9.97 Å². The number of halogens is 3. The lowest BCUT2D eigenvalue weighted by molar-refractivity contribution is -0.147. The molecule has 1 aliphatic rings. The Morgan fingerprint density at radius 1 is 1.17 bits per heavy atom. The monoisotopic (exact) mass is 418 g/mol. The van der Waals surface area contributed by atoms with Crippen LogP contribution < -0.4 is 0 Å². The molecule has 0 aliphatic carbocycles. The van der Waals surface area contributed by atoms with Gasteiger partial charge in [0, 0.05) is 25.8 Å². The summed E-state index contributed by atoms with van der Waals surface area (Å²) >= 11 is 0. The van der Waals surface area contributed by atoms with Crippen LogP contribution in [-0.2, 0) is 24.1 Å². The normalized spacial score (nSPS) is 17.3. The fraction of sp³-hybridized carbons (Fsp3) is 0.381. The molecule has 0 saturated carbocycles. The maximum absolute atomic E-state index is 13.5. The van der Waals surface area contributed by atoms with E-state index >= 15 is 0 Å². The Labute approximate surface area is 171 Å². The Balaban J connectivity index is 1.46. The van der Waals surface area contributed by atoms with E-state index < -0.39 is 18.1 Å². The molecular weight excluding hydrogens is 397 g/mol. The molecule has 0 N–H and O–H groups in total. The molecule has 158 valence electrons. The number of carbonyl (C=O) groups is 1. The number of aromatic nitrogens is 3. The molecule has 1 atom stereocenters. The molecule has 1 aromatic carbocycles. The molecule has 0 radical (unpaired) electrons. The van der Waals surface area contributed by atoms with Gasteiger partial charge in [-0.15, -0.1) is 0 Å². The summed E-state index contributed by atoms with van der Waals surface area (Å²) in [6.45, 7) is 1.11. The lowest BCUT2D eigenvalue weighted by atomic mass is 9.98. The molecule has 0 bridgehead atoms. The zero-order valence-corrected chi connectivity index (χ0v) is 16.2. The Bertz CT molecular complexity index is 1020. The van der Waals surface area contributed by atoms with Crippen LogP contribution in [0.15, 0.2) is 48.7 Å². The van der Waals surface area contributed by atoms with Gasteiger partial charge in [0.15, 0.2) is 5.65 Å². The van der Waals surface area contributed by atoms with Gasteiger partial charge in [-0.05, 0) is 36.5 Å². The van der Waals surface area contributed by atoms with Crippen LogP contribution in [-0.4, -0.2) is 38.6 Å². The zero-order chi connectivity index (χ0) is 21.1. The minimum absolute atomic E-state index is 0.0881. The van der Waals surface area contributed by atoms with Gasteiger partial charge in [-0.25, -0.2) is 14.8 Å². The summed E-state index contributed by atoms with van der Waals surface area (Å²) in [6, 6.07) is 12.4. The topological polar surface area (TPSA) is 60.2 Å². The number of likely N-dealkylation sites (tertiary alicyclic amines) is 1. The zero-order valence-electron chi connectivity index (χ0n) is 16.2. The largest absolute Gasteiger partial charge is 0.449 e. The molecule has 1 aliphatic heterocycles. The molecule has 1 amide bonds. The van der Waals surface area contributed by atoms with Crippen molar-refractivity contribution in [2.75, 3.05) is 13.1 Å². The number of carbonyl (C=O) groups excluding carboxylic acids is 1. The SMILES string of the molecule is O=C(OCc1ccccc1)N1CCCC(Cn2c(C(F)(F)F)nc3cccnc32)C1. The molecule has 4 rings (SSSR count). The molecule has 6 nitrogen and oxygen atoms in total. The van der Waals surface area contributed by atoms with Crippen LogP contribution in [0.25, 0.3) is 11.2 Å². The summed E-state index contributed by atoms with van der Waals surface area (Å²) in [5, 5.41) is 0. The van der Waals surface area contributed by atoms with Crippen LogP contribution in [0.3, 0.4) is 0 Å². The number of imidazole rings is 1. The number of rotatable bonds is 4. The second-order valence-electron chi connectivity index (χ2n) is 7.38. The fourth-order valence-corrected chi connectivity index (χ4v) is 3.80. The van der Waals surface area contributed by atoms with E-state index in [0.717, 1.165) is 10.1 Å². The smallest absolute Gasteiger partial charge is 0.445 e. The lowest BCUT2D eigenvalue weighted by Gasteiger charge is -2.32. The van der Waals surface area contributed by atoms with Gasteiger partial charge < -0.3 is 14.2 Å². The molecule has 3 aromatic rings. The van der Waals surface area contributed by atoms with E-state index in [1.54, 1.807) is 11.0 Å². The number of alkyl halides is 3. The molecule has 1 saturated heterocycles. The van der Waals surface area contributed by atoms with Gasteiger partial charge in [0.1, 0.15) is 12.1 Å². The van der Waals surface area contributed by atoms with Gasteiger partial charge in [0.05, 0.1) is 0 Å². The van der Waals surface area contributed by atoms with E-state index in [0.29, 0.717) is 25.9 Å². The van der Waals surface area contributed by atoms with Crippen LogP contribution in [0.5, 0.6) is 0 Å². The summed E-state index contributed by atoms with van der Waals surface area (Å²) in [4.78, 5) is 21.8. The average molecular weight is 418 g/mol. The van der Waals surface area contributed by atoms with Gasteiger partial charge in [0.25, 0.3) is 0 Å². The number of hydrogen-bond donors (Lipinski definition) is 0. The van der Waals surface area contributed by atoms with E-state index in [-0.39, 0.29) is 30.2 Å². The molecule has 1 unspecified atom stereocenters. The number of fused-ring (bicyclic) bond motifs is 1. The number of pyridine rings is 1. The predicted octanol–water partition coefficient (Wildman–Crippen LogP) is 4.50. The van der Waals surface area contributed by atoms with Crippen molar-refractivity contribution in [3.63, 3.8) is 0 Å². The van der Waals surface area contributed by atoms with Crippen molar-refractivity contribution in [3.05, 3.63) is 60.0 Å². The third-order valence-electron chi connectivity index (χ3n) is 5.18. The predicted molar refractivity (Wildman–Crippen MR) is 103 cm³/mol. The highest BCUT2D eigenvalue weighted by molar-refractivity contribution is 5.71. The van der Waals surface area contributed by atoms with Gasteiger partial charge in [-0.1, -0.05) is 30.3 Å². The minimum atomic E-state index is -4.58. The van der Waals surface area contributed by atoms with E-state index in [4.69, 9.17) is 4.74 Å². The molecule has 3 heterocycles. The standard InChI is InChI=1S/C21H21F3N4O2/c22-21(23,24)19-26-17-9-4-10-25-18(17)28(19)13-16-8-5-11-27(12-16)20(29)30-14-15-6-2-1-3-7-15/h1-4,6-7,9-10,16H,5,8,11-14H2. The first-order valence-electron chi connectivity index (χ1n) is 9.76. The van der Waals surface area contributed by atoms with Crippen molar-refractivity contribution in [2.24, 2.45) is 5.92 Å². The molecule has 2 aromatic heterocycles. The van der Waals surface area contributed by atoms with Crippen molar-refractivity contribution < 1.29 is 22.7 Å². The number of ether oxygens (including phenoxy) is 1. The Kier molecular flexibility index (Phi) is 5.61. The second-order valence-corrected chi connectivity index (χ2v) is 7.38. The van der Waals surface area contributed by atoms with Crippen molar-refractivity contribution in [1.29, 1.82) is 0 Å². The number of piperidine rings is 1. The minimum Gasteiger partial charge on any atom is -0.445 e. The first kappa shape index (κ1) is 20.2. The van der Waals surface area contributed by atoms with Crippen molar-refractivity contribution in [1.82, 2.24) is 19.4 Å². The van der Waals surface area contributed by atoms with Crippen LogP contribution >= 0.6 is 0 Å². The Morgan fingerprint density at radius 3 is 2.73 bits per heavy atom. The van der Waals surface area contributed by atoms with Crippen LogP contribution in [0.1, 0.15) is 24.2 Å². The first-order valence-corrected chi connectivity index (χ1v) is 9.76. The lowest BCUT2D eigenvalue weighted by Crippen LogP contribution is -2.41. The summed E-state index contributed by atoms with van der Waals surface area (Å²) in [7, 11) is 0. The van der Waals surface area contributed by atoms with Crippen LogP contribution in [0, 0.1) is 5.92 Å². The van der Waals surface area contributed by atoms with Gasteiger partial charge in [-0.2, -0.15) is 13.2 Å². The Hall–Kier alpha value is -3.10. The summed E-state index contributed by atoms with van der Waals surface area (Å²) in [6.07, 6.45) is -2.16. The molecular formula is C21H21F3N4O2. The van der Waals surface area contributed by atoms with Crippen molar-refractivity contribution in [2.45, 2.75) is 32.2 Å². The highest BCUT2D eigenvalue weighted by Gasteiger charge is 2.38. The van der Waals surface area contributed by atoms with Crippen molar-refractivity contribution >= 4 is 17.3 Å². The summed E-state index contributed by atoms with van der Waals surface area (Å²) in [5.74, 6) is -1.11. The molecule has 1 fully saturated rings. The maximum Gasteiger partial charge on any atom is 0.449 e. The number of nitrogens with zero attached hydrogens (tertiary/aromatic N) is 4. The third kappa shape index (κ3) is 4.39. The third-order valence-corrected chi connectivity index (χ3v) is 5.18. The summed E-state index contributed by atoms with van der Waals surface area (Å²) < 4.78 is 47.0. The van der Waals surface area contributed by atoms with E-state index in [1.807, 2.05) is 30.3 Å². The number of hydrogen-bond acceptors (Lipinski definition) is 4. The van der Waals surface area contributed by atoms with E-state index in [9.17, 15) is 18.0 Å². The Morgan fingerprint density at radius 2 is 1.97 bits per heavy atom.